The van der Waals surface area contributed by atoms with Gasteiger partial charge in [0.25, 0.3) is 0 Å². The van der Waals surface area contributed by atoms with E-state index in [1.54, 1.807) is 0 Å². The molecule has 3 unspecified atom stereocenters. The van der Waals surface area contributed by atoms with E-state index >= 15 is 0 Å². The summed E-state index contributed by atoms with van der Waals surface area (Å²) >= 11 is 0. The van der Waals surface area contributed by atoms with Crippen LogP contribution in [0.25, 0.3) is 0 Å². The van der Waals surface area contributed by atoms with E-state index in [4.69, 9.17) is 5.73 Å². The maximum Gasteiger partial charge on any atom is 0.0945 e. The van der Waals surface area contributed by atoms with Crippen LogP contribution in [-0.2, 0) is 6.54 Å². The van der Waals surface area contributed by atoms with Gasteiger partial charge < -0.3 is 10.3 Å². The molecule has 0 spiro atoms. The molecular weight excluding hydrogens is 224 g/mol. The van der Waals surface area contributed by atoms with E-state index in [0.717, 1.165) is 31.5 Å². The minimum absolute atomic E-state index is 0.573. The Balaban J connectivity index is 1.82. The van der Waals surface area contributed by atoms with Crippen LogP contribution in [0.15, 0.2) is 18.7 Å². The zero-order chi connectivity index (χ0) is 13.0. The van der Waals surface area contributed by atoms with Crippen LogP contribution in [0.3, 0.4) is 0 Å². The highest BCUT2D eigenvalue weighted by atomic mass is 15.2. The van der Waals surface area contributed by atoms with Gasteiger partial charge in [0, 0.05) is 44.6 Å². The van der Waals surface area contributed by atoms with Gasteiger partial charge in [-0.2, -0.15) is 0 Å². The molecule has 3 atom stereocenters. The van der Waals surface area contributed by atoms with Gasteiger partial charge in [-0.25, -0.2) is 4.98 Å². The minimum Gasteiger partial charge on any atom is -0.337 e. The zero-order valence-corrected chi connectivity index (χ0v) is 11.6. The number of aryl methyl sites for hydroxylation is 1. The fourth-order valence-electron chi connectivity index (χ4n) is 3.28. The second-order valence-electron chi connectivity index (χ2n) is 5.77. The molecule has 0 aromatic carbocycles. The van der Waals surface area contributed by atoms with E-state index < -0.39 is 0 Å². The Bertz CT molecular complexity index is 336. The van der Waals surface area contributed by atoms with Crippen LogP contribution >= 0.6 is 0 Å². The van der Waals surface area contributed by atoms with Crippen LogP contribution in [0, 0.1) is 11.8 Å². The van der Waals surface area contributed by atoms with Crippen LogP contribution in [0.4, 0.5) is 0 Å². The summed E-state index contributed by atoms with van der Waals surface area (Å²) in [6.45, 7) is 8.89. The molecule has 0 radical (unpaired) electrons. The van der Waals surface area contributed by atoms with Crippen molar-refractivity contribution in [3.63, 3.8) is 0 Å². The van der Waals surface area contributed by atoms with Crippen molar-refractivity contribution in [3.05, 3.63) is 18.7 Å². The summed E-state index contributed by atoms with van der Waals surface area (Å²) in [7, 11) is 0. The topological polar surface area (TPSA) is 47.1 Å². The minimum atomic E-state index is 0.573. The van der Waals surface area contributed by atoms with Gasteiger partial charge in [0.05, 0.1) is 6.33 Å². The van der Waals surface area contributed by atoms with Crippen molar-refractivity contribution < 1.29 is 0 Å². The van der Waals surface area contributed by atoms with Crippen molar-refractivity contribution in [3.8, 4) is 0 Å². The Morgan fingerprint density at radius 2 is 2.17 bits per heavy atom. The Labute approximate surface area is 110 Å². The second kappa shape index (κ2) is 6.34. The normalized spacial score (nSPS) is 29.6. The predicted molar refractivity (Wildman–Crippen MR) is 74.2 cm³/mol. The number of piperidine rings is 1. The Hall–Kier alpha value is -0.870. The smallest absolute Gasteiger partial charge is 0.0945 e. The first-order valence-corrected chi connectivity index (χ1v) is 7.10. The molecule has 0 amide bonds. The number of hydrogen-bond acceptors (Lipinski definition) is 3. The molecule has 1 aromatic heterocycles. The van der Waals surface area contributed by atoms with E-state index in [-0.39, 0.29) is 0 Å². The lowest BCUT2D eigenvalue weighted by Gasteiger charge is -2.42. The summed E-state index contributed by atoms with van der Waals surface area (Å²) < 4.78 is 2.15. The average Bonchev–Trinajstić information content (AvgIpc) is 2.81. The van der Waals surface area contributed by atoms with Crippen molar-refractivity contribution >= 4 is 0 Å². The van der Waals surface area contributed by atoms with Crippen LogP contribution < -0.4 is 5.73 Å². The SMILES string of the molecule is CC1CC(C)C(CN)N(CCCn2ccnc2)C1. The summed E-state index contributed by atoms with van der Waals surface area (Å²) in [5, 5.41) is 0. The third-order valence-electron chi connectivity index (χ3n) is 4.11. The third-order valence-corrected chi connectivity index (χ3v) is 4.11. The number of nitrogens with zero attached hydrogens (tertiary/aromatic N) is 3. The maximum atomic E-state index is 5.94. The number of nitrogens with two attached hydrogens (primary N) is 1. The Morgan fingerprint density at radius 1 is 1.33 bits per heavy atom. The predicted octanol–water partition coefficient (Wildman–Crippen LogP) is 1.58. The first-order valence-electron chi connectivity index (χ1n) is 7.10. The van der Waals surface area contributed by atoms with E-state index in [9.17, 15) is 0 Å². The lowest BCUT2D eigenvalue weighted by atomic mass is 9.85. The van der Waals surface area contributed by atoms with Crippen LogP contribution in [0.1, 0.15) is 26.7 Å². The fraction of sp³-hybridized carbons (Fsp3) is 0.786. The standard InChI is InChI=1S/C14H26N4/c1-12-8-13(2)14(9-15)18(10-12)6-3-5-17-7-4-16-11-17/h4,7,11-14H,3,5-6,8-10,15H2,1-2H3. The van der Waals surface area contributed by atoms with Gasteiger partial charge in [-0.3, -0.25) is 4.90 Å². The molecule has 1 fully saturated rings. The van der Waals surface area contributed by atoms with Crippen molar-refractivity contribution in [2.45, 2.75) is 39.3 Å². The largest absolute Gasteiger partial charge is 0.337 e. The Kier molecular flexibility index (Phi) is 4.78. The Morgan fingerprint density at radius 3 is 2.83 bits per heavy atom. The second-order valence-corrected chi connectivity index (χ2v) is 5.77. The summed E-state index contributed by atoms with van der Waals surface area (Å²) in [6.07, 6.45) is 8.25. The number of likely N-dealkylation sites (tertiary alicyclic amines) is 1. The van der Waals surface area contributed by atoms with Gasteiger partial charge in [0.1, 0.15) is 0 Å². The first kappa shape index (κ1) is 13.6. The lowest BCUT2D eigenvalue weighted by Crippen LogP contribution is -2.51. The lowest BCUT2D eigenvalue weighted by molar-refractivity contribution is 0.0715. The monoisotopic (exact) mass is 250 g/mol. The van der Waals surface area contributed by atoms with Crippen LogP contribution in [0.5, 0.6) is 0 Å². The maximum absolute atomic E-state index is 5.94. The van der Waals surface area contributed by atoms with Crippen LogP contribution in [0.2, 0.25) is 0 Å². The average molecular weight is 250 g/mol. The van der Waals surface area contributed by atoms with Gasteiger partial charge >= 0.3 is 0 Å². The van der Waals surface area contributed by atoms with Gasteiger partial charge in [0.2, 0.25) is 0 Å². The highest BCUT2D eigenvalue weighted by Gasteiger charge is 2.30. The van der Waals surface area contributed by atoms with Crippen molar-refractivity contribution in [1.82, 2.24) is 14.5 Å². The summed E-state index contributed by atoms with van der Waals surface area (Å²) in [4.78, 5) is 6.67. The van der Waals surface area contributed by atoms with E-state index in [1.807, 2.05) is 18.7 Å². The summed E-state index contributed by atoms with van der Waals surface area (Å²) in [6, 6.07) is 0.573. The first-order chi connectivity index (χ1) is 8.70. The molecule has 0 aliphatic carbocycles. The molecule has 1 aliphatic heterocycles. The molecule has 4 nitrogen and oxygen atoms in total. The van der Waals surface area contributed by atoms with Crippen molar-refractivity contribution in [2.75, 3.05) is 19.6 Å². The van der Waals surface area contributed by atoms with E-state index in [0.29, 0.717) is 6.04 Å². The number of imidazole rings is 1. The molecule has 2 rings (SSSR count). The number of aromatic nitrogens is 2. The quantitative estimate of drug-likeness (QED) is 0.863. The molecule has 1 saturated heterocycles. The molecule has 2 N–H and O–H groups in total. The van der Waals surface area contributed by atoms with Gasteiger partial charge in [-0.05, 0) is 24.7 Å². The summed E-state index contributed by atoms with van der Waals surface area (Å²) in [5.74, 6) is 1.53. The molecule has 0 bridgehead atoms. The molecule has 1 aliphatic rings. The van der Waals surface area contributed by atoms with Crippen molar-refractivity contribution in [2.24, 2.45) is 17.6 Å². The van der Waals surface area contributed by atoms with Gasteiger partial charge in [-0.1, -0.05) is 13.8 Å². The molecule has 4 heteroatoms. The highest BCUT2D eigenvalue weighted by Crippen LogP contribution is 2.26. The summed E-state index contributed by atoms with van der Waals surface area (Å²) in [5.41, 5.74) is 5.94. The molecule has 2 heterocycles. The molecule has 102 valence electrons. The van der Waals surface area contributed by atoms with E-state index in [2.05, 4.69) is 28.3 Å². The van der Waals surface area contributed by atoms with Gasteiger partial charge in [0.15, 0.2) is 0 Å². The molecule has 0 saturated carbocycles. The van der Waals surface area contributed by atoms with E-state index in [1.165, 1.54) is 19.4 Å². The fourth-order valence-corrected chi connectivity index (χ4v) is 3.28. The highest BCUT2D eigenvalue weighted by molar-refractivity contribution is 4.85. The number of hydrogen-bond donors (Lipinski definition) is 1. The van der Waals surface area contributed by atoms with Crippen molar-refractivity contribution in [1.29, 1.82) is 0 Å². The van der Waals surface area contributed by atoms with Gasteiger partial charge in [-0.15, -0.1) is 0 Å². The molecule has 18 heavy (non-hydrogen) atoms. The number of rotatable bonds is 5. The molecular formula is C14H26N4. The molecule has 1 aromatic rings. The third kappa shape index (κ3) is 3.33. The zero-order valence-electron chi connectivity index (χ0n) is 11.6. The van der Waals surface area contributed by atoms with Crippen LogP contribution in [-0.4, -0.2) is 40.1 Å².